The summed E-state index contributed by atoms with van der Waals surface area (Å²) in [6.07, 6.45) is 4.17. The highest BCUT2D eigenvalue weighted by atomic mass is 32.1. The summed E-state index contributed by atoms with van der Waals surface area (Å²) in [5.74, 6) is 0.275. The predicted octanol–water partition coefficient (Wildman–Crippen LogP) is 3.81. The zero-order chi connectivity index (χ0) is 17.2. The van der Waals surface area contributed by atoms with Gasteiger partial charge >= 0.3 is 0 Å². The van der Waals surface area contributed by atoms with Gasteiger partial charge in [-0.2, -0.15) is 5.10 Å². The molecule has 1 aliphatic carbocycles. The highest BCUT2D eigenvalue weighted by Gasteiger charge is 2.29. The highest BCUT2D eigenvalue weighted by molar-refractivity contribution is 7.15. The normalized spacial score (nSPS) is 13.8. The third-order valence-corrected chi connectivity index (χ3v) is 5.01. The van der Waals surface area contributed by atoms with Crippen LogP contribution in [-0.2, 0) is 6.42 Å². The maximum Gasteiger partial charge on any atom is 0.276 e. The van der Waals surface area contributed by atoms with Gasteiger partial charge in [0.1, 0.15) is 10.7 Å². The van der Waals surface area contributed by atoms with Crippen molar-refractivity contribution in [1.82, 2.24) is 20.0 Å². The molecule has 0 bridgehead atoms. The summed E-state index contributed by atoms with van der Waals surface area (Å²) in [5.41, 5.74) is 2.39. The van der Waals surface area contributed by atoms with Crippen LogP contribution in [0.3, 0.4) is 0 Å². The summed E-state index contributed by atoms with van der Waals surface area (Å²) >= 11 is 1.42. The minimum atomic E-state index is -0.206. The van der Waals surface area contributed by atoms with Gasteiger partial charge in [0.05, 0.1) is 11.4 Å². The minimum absolute atomic E-state index is 0.206. The summed E-state index contributed by atoms with van der Waals surface area (Å²) < 4.78 is 1.72. The number of para-hydroxylation sites is 1. The lowest BCUT2D eigenvalue weighted by atomic mass is 10.2. The number of carbonyl (C=O) groups is 1. The fourth-order valence-corrected chi connectivity index (χ4v) is 3.52. The molecule has 7 heteroatoms. The van der Waals surface area contributed by atoms with E-state index in [2.05, 4.69) is 27.5 Å². The summed E-state index contributed by atoms with van der Waals surface area (Å²) in [7, 11) is 0. The van der Waals surface area contributed by atoms with Gasteiger partial charge in [0.25, 0.3) is 5.91 Å². The van der Waals surface area contributed by atoms with E-state index < -0.39 is 0 Å². The smallest absolute Gasteiger partial charge is 0.276 e. The van der Waals surface area contributed by atoms with Crippen LogP contribution in [-0.4, -0.2) is 25.9 Å². The Hall–Kier alpha value is -2.54. The van der Waals surface area contributed by atoms with Crippen molar-refractivity contribution in [2.75, 3.05) is 5.32 Å². The molecule has 0 saturated heterocycles. The molecule has 2 aromatic heterocycles. The van der Waals surface area contributed by atoms with Gasteiger partial charge in [0.15, 0.2) is 0 Å². The van der Waals surface area contributed by atoms with Crippen LogP contribution in [0.2, 0.25) is 0 Å². The molecular weight excluding hydrogens is 334 g/mol. The molecule has 1 N–H and O–H groups in total. The Balaban J connectivity index is 1.62. The Labute approximate surface area is 149 Å². The number of aromatic nitrogens is 4. The Morgan fingerprint density at radius 2 is 2.08 bits per heavy atom. The molecule has 0 aliphatic heterocycles. The third-order valence-electron chi connectivity index (χ3n) is 4.11. The van der Waals surface area contributed by atoms with Crippen LogP contribution in [0.15, 0.2) is 36.4 Å². The maximum atomic E-state index is 12.8. The summed E-state index contributed by atoms with van der Waals surface area (Å²) in [6.45, 7) is 2.09. The minimum Gasteiger partial charge on any atom is -0.295 e. The lowest BCUT2D eigenvalue weighted by molar-refractivity contribution is 0.101. The van der Waals surface area contributed by atoms with Gasteiger partial charge in [-0.15, -0.1) is 10.2 Å². The van der Waals surface area contributed by atoms with E-state index in [1.807, 2.05) is 36.4 Å². The second kappa shape index (κ2) is 6.76. The second-order valence-electron chi connectivity index (χ2n) is 6.18. The Bertz CT molecular complexity index is 882. The number of aryl methyl sites for hydroxylation is 1. The Morgan fingerprint density at radius 3 is 2.80 bits per heavy atom. The van der Waals surface area contributed by atoms with Crippen molar-refractivity contribution in [3.63, 3.8) is 0 Å². The average molecular weight is 353 g/mol. The number of anilines is 1. The van der Waals surface area contributed by atoms with Crippen LogP contribution in [0.5, 0.6) is 0 Å². The van der Waals surface area contributed by atoms with Crippen molar-refractivity contribution in [3.8, 4) is 5.69 Å². The molecule has 25 heavy (non-hydrogen) atoms. The van der Waals surface area contributed by atoms with E-state index in [0.29, 0.717) is 16.7 Å². The van der Waals surface area contributed by atoms with Gasteiger partial charge in [-0.3, -0.25) is 10.1 Å². The number of amides is 1. The molecule has 0 unspecified atom stereocenters. The van der Waals surface area contributed by atoms with Crippen LogP contribution >= 0.6 is 11.3 Å². The monoisotopic (exact) mass is 353 g/mol. The first-order valence-corrected chi connectivity index (χ1v) is 9.35. The number of nitrogens with one attached hydrogen (secondary N) is 1. The number of rotatable bonds is 6. The summed E-state index contributed by atoms with van der Waals surface area (Å²) in [4.78, 5) is 12.8. The van der Waals surface area contributed by atoms with Gasteiger partial charge in [0, 0.05) is 12.3 Å². The molecular formula is C18H19N5OS. The van der Waals surface area contributed by atoms with Crippen LogP contribution in [0.25, 0.3) is 5.69 Å². The maximum absolute atomic E-state index is 12.8. The van der Waals surface area contributed by atoms with Gasteiger partial charge in [0.2, 0.25) is 5.13 Å². The van der Waals surface area contributed by atoms with E-state index in [0.717, 1.165) is 42.1 Å². The predicted molar refractivity (Wildman–Crippen MR) is 97.4 cm³/mol. The molecule has 1 amide bonds. The topological polar surface area (TPSA) is 72.7 Å². The molecule has 128 valence electrons. The molecule has 0 atom stereocenters. The van der Waals surface area contributed by atoms with Crippen LogP contribution in [0.1, 0.15) is 53.3 Å². The van der Waals surface area contributed by atoms with E-state index >= 15 is 0 Å². The molecule has 2 heterocycles. The van der Waals surface area contributed by atoms with Crippen molar-refractivity contribution < 1.29 is 4.79 Å². The summed E-state index contributed by atoms with van der Waals surface area (Å²) in [6, 6.07) is 11.6. The number of nitrogens with zero attached hydrogens (tertiary/aromatic N) is 4. The molecule has 6 nitrogen and oxygen atoms in total. The van der Waals surface area contributed by atoms with Crippen molar-refractivity contribution in [2.45, 2.75) is 38.5 Å². The lowest BCUT2D eigenvalue weighted by Crippen LogP contribution is -2.16. The fraction of sp³-hybridized carbons (Fsp3) is 0.333. The van der Waals surface area contributed by atoms with Crippen molar-refractivity contribution in [3.05, 3.63) is 52.8 Å². The van der Waals surface area contributed by atoms with Crippen molar-refractivity contribution in [1.29, 1.82) is 0 Å². The zero-order valence-corrected chi connectivity index (χ0v) is 14.8. The Morgan fingerprint density at radius 1 is 1.28 bits per heavy atom. The van der Waals surface area contributed by atoms with Crippen molar-refractivity contribution >= 4 is 22.4 Å². The van der Waals surface area contributed by atoms with Gasteiger partial charge in [-0.25, -0.2) is 4.68 Å². The molecule has 4 rings (SSSR count). The largest absolute Gasteiger partial charge is 0.295 e. The van der Waals surface area contributed by atoms with E-state index in [-0.39, 0.29) is 5.91 Å². The molecule has 1 aliphatic rings. The van der Waals surface area contributed by atoms with E-state index in [4.69, 9.17) is 0 Å². The average Bonchev–Trinajstić information content (AvgIpc) is 3.23. The van der Waals surface area contributed by atoms with Crippen LogP contribution in [0, 0.1) is 0 Å². The number of hydrogen-bond donors (Lipinski definition) is 1. The van der Waals surface area contributed by atoms with E-state index in [1.54, 1.807) is 4.68 Å². The van der Waals surface area contributed by atoms with Gasteiger partial charge in [-0.05, 0) is 37.5 Å². The van der Waals surface area contributed by atoms with Crippen LogP contribution < -0.4 is 5.32 Å². The lowest BCUT2D eigenvalue weighted by Gasteiger charge is -2.06. The van der Waals surface area contributed by atoms with Gasteiger partial charge < -0.3 is 0 Å². The number of carbonyl (C=O) groups excluding carboxylic acids is 1. The number of hydrogen-bond acceptors (Lipinski definition) is 5. The molecule has 0 spiro atoms. The molecule has 0 radical (unpaired) electrons. The Kier molecular flexibility index (Phi) is 4.31. The molecule has 1 aromatic carbocycles. The quantitative estimate of drug-likeness (QED) is 0.731. The van der Waals surface area contributed by atoms with Gasteiger partial charge in [-0.1, -0.05) is 36.5 Å². The third kappa shape index (κ3) is 3.46. The van der Waals surface area contributed by atoms with Crippen molar-refractivity contribution in [2.24, 2.45) is 0 Å². The summed E-state index contributed by atoms with van der Waals surface area (Å²) in [5, 5.41) is 17.2. The van der Waals surface area contributed by atoms with E-state index in [1.165, 1.54) is 11.3 Å². The molecule has 3 aromatic rings. The first-order valence-electron chi connectivity index (χ1n) is 8.53. The first-order chi connectivity index (χ1) is 12.2. The first kappa shape index (κ1) is 16.0. The van der Waals surface area contributed by atoms with E-state index in [9.17, 15) is 4.79 Å². The molecule has 1 fully saturated rings. The molecule has 1 saturated carbocycles. The number of benzene rings is 1. The van der Waals surface area contributed by atoms with Crippen LogP contribution in [0.4, 0.5) is 5.13 Å². The fourth-order valence-electron chi connectivity index (χ4n) is 2.69. The zero-order valence-electron chi connectivity index (χ0n) is 14.0. The standard InChI is InChI=1S/C18H19N5OS/c1-2-6-16-20-21-18(25-16)19-17(24)15-11-14(12-9-10-12)22-23(15)13-7-4-3-5-8-13/h3-5,7-8,11-12H,2,6,9-10H2,1H3,(H,19,21,24). The second-order valence-corrected chi connectivity index (χ2v) is 7.24. The highest BCUT2D eigenvalue weighted by Crippen LogP contribution is 2.39. The SMILES string of the molecule is CCCc1nnc(NC(=O)c2cc(C3CC3)nn2-c2ccccc2)s1.